The van der Waals surface area contributed by atoms with E-state index in [9.17, 15) is 9.59 Å². The Morgan fingerprint density at radius 1 is 1.03 bits per heavy atom. The van der Waals surface area contributed by atoms with Gasteiger partial charge in [0.25, 0.3) is 5.91 Å². The molecular weight excluding hydrogens is 418 g/mol. The van der Waals surface area contributed by atoms with E-state index < -0.39 is 6.61 Å². The number of carbonyl (C=O) groups is 2. The van der Waals surface area contributed by atoms with Crippen LogP contribution in [-0.4, -0.2) is 64.6 Å². The first-order valence-corrected chi connectivity index (χ1v) is 10.9. The molecule has 2 aromatic heterocycles. The molecule has 0 saturated carbocycles. The Morgan fingerprint density at radius 2 is 1.82 bits per heavy atom. The minimum atomic E-state index is -0.467. The summed E-state index contributed by atoms with van der Waals surface area (Å²) in [7, 11) is 0. The highest BCUT2D eigenvalue weighted by molar-refractivity contribution is 6.05. The van der Waals surface area contributed by atoms with Crippen molar-refractivity contribution in [1.29, 1.82) is 0 Å². The summed E-state index contributed by atoms with van der Waals surface area (Å²) in [6.07, 6.45) is 1.75. The fourth-order valence-electron chi connectivity index (χ4n) is 3.95. The molecule has 2 N–H and O–H groups in total. The van der Waals surface area contributed by atoms with Crippen LogP contribution in [0.5, 0.6) is 0 Å². The standard InChI is InChI=1S/C25H27N5O3/c1-17-6-7-19(15-21(17)22-5-3-4-10-26-22)28-25(33)20-8-9-23(27-18(20)2)29-11-13-30(14-12-29)24(32)16-31/h3-10,15,31H,11-14,16H2,1-2H3,(H,28,33). The summed E-state index contributed by atoms with van der Waals surface area (Å²) in [4.78, 5) is 37.4. The number of nitrogens with one attached hydrogen (secondary N) is 1. The van der Waals surface area contributed by atoms with Gasteiger partial charge in [-0.15, -0.1) is 0 Å². The van der Waals surface area contributed by atoms with Crippen LogP contribution in [-0.2, 0) is 4.79 Å². The van der Waals surface area contributed by atoms with Gasteiger partial charge in [-0.2, -0.15) is 0 Å². The summed E-state index contributed by atoms with van der Waals surface area (Å²) < 4.78 is 0. The molecule has 33 heavy (non-hydrogen) atoms. The maximum atomic E-state index is 13.0. The number of benzene rings is 1. The molecule has 0 atom stereocenters. The Hall–Kier alpha value is -3.78. The van der Waals surface area contributed by atoms with E-state index >= 15 is 0 Å². The number of aryl methyl sites for hydroxylation is 2. The van der Waals surface area contributed by atoms with Crippen LogP contribution >= 0.6 is 0 Å². The lowest BCUT2D eigenvalue weighted by Crippen LogP contribution is -2.49. The van der Waals surface area contributed by atoms with Crippen LogP contribution in [0.15, 0.2) is 54.7 Å². The predicted octanol–water partition coefficient (Wildman–Crippen LogP) is 2.65. The van der Waals surface area contributed by atoms with Crippen LogP contribution in [0.3, 0.4) is 0 Å². The third kappa shape index (κ3) is 5.01. The van der Waals surface area contributed by atoms with Crippen LogP contribution in [0.4, 0.5) is 11.5 Å². The van der Waals surface area contributed by atoms with Gasteiger partial charge in [0.1, 0.15) is 12.4 Å². The molecule has 4 rings (SSSR count). The molecule has 1 saturated heterocycles. The van der Waals surface area contributed by atoms with Gasteiger partial charge in [0, 0.05) is 43.6 Å². The molecular formula is C25H27N5O3. The maximum Gasteiger partial charge on any atom is 0.257 e. The number of hydrogen-bond acceptors (Lipinski definition) is 6. The van der Waals surface area contributed by atoms with Gasteiger partial charge in [0.05, 0.1) is 17.0 Å². The monoisotopic (exact) mass is 445 g/mol. The van der Waals surface area contributed by atoms with Gasteiger partial charge in [-0.05, 0) is 55.8 Å². The molecule has 0 aliphatic carbocycles. The van der Waals surface area contributed by atoms with Crippen molar-refractivity contribution in [1.82, 2.24) is 14.9 Å². The summed E-state index contributed by atoms with van der Waals surface area (Å²) in [6.45, 7) is 5.70. The van der Waals surface area contributed by atoms with E-state index in [1.165, 1.54) is 0 Å². The second-order valence-electron chi connectivity index (χ2n) is 8.03. The molecule has 8 nitrogen and oxygen atoms in total. The van der Waals surface area contributed by atoms with Crippen molar-refractivity contribution >= 4 is 23.3 Å². The van der Waals surface area contributed by atoms with Crippen molar-refractivity contribution in [3.05, 3.63) is 71.5 Å². The molecule has 3 aromatic rings. The van der Waals surface area contributed by atoms with Crippen molar-refractivity contribution < 1.29 is 14.7 Å². The average Bonchev–Trinajstić information content (AvgIpc) is 2.85. The van der Waals surface area contributed by atoms with Crippen molar-refractivity contribution in [3.63, 3.8) is 0 Å². The molecule has 3 heterocycles. The van der Waals surface area contributed by atoms with E-state index in [2.05, 4.69) is 20.2 Å². The lowest BCUT2D eigenvalue weighted by molar-refractivity contribution is -0.134. The molecule has 0 spiro atoms. The van der Waals surface area contributed by atoms with E-state index in [0.29, 0.717) is 43.1 Å². The molecule has 1 aromatic carbocycles. The fraction of sp³-hybridized carbons (Fsp3) is 0.280. The lowest BCUT2D eigenvalue weighted by Gasteiger charge is -2.35. The van der Waals surface area contributed by atoms with E-state index in [4.69, 9.17) is 5.11 Å². The van der Waals surface area contributed by atoms with Gasteiger partial charge in [-0.25, -0.2) is 4.98 Å². The fourth-order valence-corrected chi connectivity index (χ4v) is 3.95. The number of aliphatic hydroxyl groups is 1. The van der Waals surface area contributed by atoms with Crippen molar-refractivity contribution in [3.8, 4) is 11.3 Å². The molecule has 1 aliphatic rings. The summed E-state index contributed by atoms with van der Waals surface area (Å²) in [5, 5.41) is 12.0. The van der Waals surface area contributed by atoms with Crippen molar-refractivity contribution in [2.75, 3.05) is 43.0 Å². The third-order valence-corrected chi connectivity index (χ3v) is 5.84. The molecule has 0 radical (unpaired) electrons. The van der Waals surface area contributed by atoms with E-state index in [1.807, 2.05) is 56.3 Å². The number of nitrogens with zero attached hydrogens (tertiary/aromatic N) is 4. The second kappa shape index (κ2) is 9.79. The molecule has 8 heteroatoms. The van der Waals surface area contributed by atoms with Crippen LogP contribution in [0.1, 0.15) is 21.6 Å². The largest absolute Gasteiger partial charge is 0.387 e. The van der Waals surface area contributed by atoms with Crippen LogP contribution < -0.4 is 10.2 Å². The lowest BCUT2D eigenvalue weighted by atomic mass is 10.0. The van der Waals surface area contributed by atoms with Crippen molar-refractivity contribution in [2.24, 2.45) is 0 Å². The Balaban J connectivity index is 1.46. The molecule has 0 bridgehead atoms. The first kappa shape index (κ1) is 22.4. The topological polar surface area (TPSA) is 98.7 Å². The number of pyridine rings is 2. The van der Waals surface area contributed by atoms with Crippen LogP contribution in [0.25, 0.3) is 11.3 Å². The highest BCUT2D eigenvalue weighted by Gasteiger charge is 2.22. The summed E-state index contributed by atoms with van der Waals surface area (Å²) in [6, 6.07) is 15.2. The Kier molecular flexibility index (Phi) is 6.65. The maximum absolute atomic E-state index is 13.0. The first-order chi connectivity index (χ1) is 16.0. The van der Waals surface area contributed by atoms with Crippen molar-refractivity contribution in [2.45, 2.75) is 13.8 Å². The Bertz CT molecular complexity index is 1160. The highest BCUT2D eigenvalue weighted by atomic mass is 16.3. The normalized spacial score (nSPS) is 13.7. The van der Waals surface area contributed by atoms with Gasteiger partial charge in [-0.1, -0.05) is 12.1 Å². The zero-order chi connectivity index (χ0) is 23.4. The summed E-state index contributed by atoms with van der Waals surface area (Å²) in [5.41, 5.74) is 4.74. The molecule has 170 valence electrons. The Morgan fingerprint density at radius 3 is 2.48 bits per heavy atom. The zero-order valence-electron chi connectivity index (χ0n) is 18.8. The number of aromatic nitrogens is 2. The average molecular weight is 446 g/mol. The number of hydrogen-bond donors (Lipinski definition) is 2. The highest BCUT2D eigenvalue weighted by Crippen LogP contribution is 2.25. The third-order valence-electron chi connectivity index (χ3n) is 5.84. The van der Waals surface area contributed by atoms with Gasteiger partial charge in [0.2, 0.25) is 5.91 Å². The Labute approximate surface area is 192 Å². The van der Waals surface area contributed by atoms with Crippen LogP contribution in [0.2, 0.25) is 0 Å². The quantitative estimate of drug-likeness (QED) is 0.627. The molecule has 1 fully saturated rings. The summed E-state index contributed by atoms with van der Waals surface area (Å²) >= 11 is 0. The SMILES string of the molecule is Cc1ccc(NC(=O)c2ccc(N3CCN(C(=O)CO)CC3)nc2C)cc1-c1ccccn1. The minimum Gasteiger partial charge on any atom is -0.387 e. The zero-order valence-corrected chi connectivity index (χ0v) is 18.8. The number of amides is 2. The first-order valence-electron chi connectivity index (χ1n) is 10.9. The number of rotatable bonds is 5. The van der Waals surface area contributed by atoms with Crippen LogP contribution in [0, 0.1) is 13.8 Å². The molecule has 1 aliphatic heterocycles. The smallest absolute Gasteiger partial charge is 0.257 e. The number of aliphatic hydroxyl groups excluding tert-OH is 1. The van der Waals surface area contributed by atoms with E-state index in [-0.39, 0.29) is 11.8 Å². The van der Waals surface area contributed by atoms with Gasteiger partial charge >= 0.3 is 0 Å². The van der Waals surface area contributed by atoms with Gasteiger partial charge in [-0.3, -0.25) is 14.6 Å². The van der Waals surface area contributed by atoms with Gasteiger partial charge in [0.15, 0.2) is 0 Å². The number of anilines is 2. The molecule has 0 unspecified atom stereocenters. The van der Waals surface area contributed by atoms with Gasteiger partial charge < -0.3 is 20.2 Å². The minimum absolute atomic E-state index is 0.222. The number of carbonyl (C=O) groups excluding carboxylic acids is 2. The van der Waals surface area contributed by atoms with E-state index in [1.54, 1.807) is 17.2 Å². The predicted molar refractivity (Wildman–Crippen MR) is 127 cm³/mol. The molecule has 2 amide bonds. The number of piperazine rings is 1. The van der Waals surface area contributed by atoms with E-state index in [0.717, 1.165) is 22.6 Å². The summed E-state index contributed by atoms with van der Waals surface area (Å²) in [5.74, 6) is 0.293. The second-order valence-corrected chi connectivity index (χ2v) is 8.03.